The minimum Gasteiger partial charge on any atom is -0.444 e. The van der Waals surface area contributed by atoms with Crippen LogP contribution in [-0.4, -0.2) is 75.2 Å². The SMILES string of the molecule is Cn1c(=O)n(C2CCC(=O)NC2=O)c2ccc(C#CCN3CCN(Cc4ccc(NC(=O)OC(C)(C)C)cc4)CC3)cc21. The van der Waals surface area contributed by atoms with E-state index in [1.54, 1.807) is 7.05 Å². The molecule has 11 nitrogen and oxygen atoms in total. The van der Waals surface area contributed by atoms with Gasteiger partial charge in [0, 0.05) is 57.4 Å². The third-order valence-corrected chi connectivity index (χ3v) is 7.62. The molecule has 5 rings (SSSR count). The van der Waals surface area contributed by atoms with Gasteiger partial charge in [0.15, 0.2) is 0 Å². The summed E-state index contributed by atoms with van der Waals surface area (Å²) in [5, 5.41) is 5.10. The number of imidazole rings is 1. The van der Waals surface area contributed by atoms with Gasteiger partial charge in [0.2, 0.25) is 11.8 Å². The van der Waals surface area contributed by atoms with Crippen LogP contribution in [0.2, 0.25) is 0 Å². The molecule has 2 fully saturated rings. The number of imide groups is 1. The van der Waals surface area contributed by atoms with E-state index in [0.717, 1.165) is 38.3 Å². The Hall–Kier alpha value is -4.40. The molecule has 11 heteroatoms. The van der Waals surface area contributed by atoms with Crippen molar-refractivity contribution in [2.75, 3.05) is 38.0 Å². The topological polar surface area (TPSA) is 118 Å². The normalized spacial score (nSPS) is 18.2. The number of carbonyl (C=O) groups excluding carboxylic acids is 3. The first-order valence-electron chi connectivity index (χ1n) is 14.5. The molecule has 2 aliphatic heterocycles. The molecule has 0 radical (unpaired) electrons. The third kappa shape index (κ3) is 7.34. The molecule has 0 spiro atoms. The number of fused-ring (bicyclic) bond motifs is 1. The zero-order valence-electron chi connectivity index (χ0n) is 25.1. The summed E-state index contributed by atoms with van der Waals surface area (Å²) >= 11 is 0. The lowest BCUT2D eigenvalue weighted by atomic mass is 10.1. The quantitative estimate of drug-likeness (QED) is 0.349. The lowest BCUT2D eigenvalue weighted by molar-refractivity contribution is -0.135. The van der Waals surface area contributed by atoms with Gasteiger partial charge < -0.3 is 4.74 Å². The summed E-state index contributed by atoms with van der Waals surface area (Å²) in [4.78, 5) is 53.7. The van der Waals surface area contributed by atoms with E-state index in [2.05, 4.69) is 32.3 Å². The Labute approximate surface area is 250 Å². The molecule has 0 bridgehead atoms. The highest BCUT2D eigenvalue weighted by Crippen LogP contribution is 2.23. The van der Waals surface area contributed by atoms with Crippen LogP contribution in [0.1, 0.15) is 50.8 Å². The largest absolute Gasteiger partial charge is 0.444 e. The van der Waals surface area contributed by atoms with Crippen molar-refractivity contribution in [3.63, 3.8) is 0 Å². The fourth-order valence-corrected chi connectivity index (χ4v) is 5.40. The van der Waals surface area contributed by atoms with Crippen LogP contribution in [0.15, 0.2) is 47.3 Å². The molecule has 1 atom stereocenters. The second-order valence-electron chi connectivity index (χ2n) is 12.1. The first kappa shape index (κ1) is 30.1. The number of rotatable bonds is 5. The van der Waals surface area contributed by atoms with Crippen LogP contribution in [0.3, 0.4) is 0 Å². The molecule has 226 valence electrons. The minimum atomic E-state index is -0.704. The standard InChI is InChI=1S/C32H38N6O5/c1-32(2,3)43-30(41)33-24-10-7-23(8-11-24)21-37-18-16-36(17-19-37)15-5-6-22-9-12-25-27(20-22)35(4)31(42)38(25)26-13-14-28(39)34-29(26)40/h7-12,20,26H,13-19,21H2,1-4H3,(H,33,41)(H,34,39,40). The number of aryl methyl sites for hydroxylation is 1. The van der Waals surface area contributed by atoms with Gasteiger partial charge in [-0.3, -0.25) is 39.2 Å². The van der Waals surface area contributed by atoms with Crippen molar-refractivity contribution in [1.29, 1.82) is 0 Å². The number of piperazine rings is 1. The van der Waals surface area contributed by atoms with Gasteiger partial charge in [0.25, 0.3) is 0 Å². The van der Waals surface area contributed by atoms with Crippen molar-refractivity contribution in [3.8, 4) is 11.8 Å². The first-order valence-corrected chi connectivity index (χ1v) is 14.5. The molecular weight excluding hydrogens is 548 g/mol. The Kier molecular flexibility index (Phi) is 8.71. The zero-order valence-corrected chi connectivity index (χ0v) is 25.1. The Balaban J connectivity index is 1.13. The number of hydrogen-bond acceptors (Lipinski definition) is 7. The van der Waals surface area contributed by atoms with E-state index >= 15 is 0 Å². The van der Waals surface area contributed by atoms with Gasteiger partial charge in [-0.05, 0) is 63.1 Å². The summed E-state index contributed by atoms with van der Waals surface area (Å²) in [5.41, 5.74) is 3.20. The minimum absolute atomic E-state index is 0.208. The molecule has 43 heavy (non-hydrogen) atoms. The predicted octanol–water partition coefficient (Wildman–Crippen LogP) is 2.83. The van der Waals surface area contributed by atoms with Crippen molar-refractivity contribution in [2.45, 2.75) is 51.8 Å². The van der Waals surface area contributed by atoms with Gasteiger partial charge in [-0.1, -0.05) is 24.0 Å². The average Bonchev–Trinajstić information content (AvgIpc) is 3.19. The van der Waals surface area contributed by atoms with E-state index in [-0.39, 0.29) is 18.0 Å². The Morgan fingerprint density at radius 3 is 2.37 bits per heavy atom. The van der Waals surface area contributed by atoms with Gasteiger partial charge >= 0.3 is 11.8 Å². The van der Waals surface area contributed by atoms with E-state index in [1.807, 2.05) is 63.2 Å². The molecule has 3 amide bonds. The number of piperidine rings is 1. The number of nitrogens with one attached hydrogen (secondary N) is 2. The first-order chi connectivity index (χ1) is 20.5. The number of amides is 3. The summed E-state index contributed by atoms with van der Waals surface area (Å²) in [6, 6.07) is 12.7. The summed E-state index contributed by atoms with van der Waals surface area (Å²) in [7, 11) is 1.68. The molecule has 1 aromatic heterocycles. The molecule has 0 aliphatic carbocycles. The van der Waals surface area contributed by atoms with Crippen molar-refractivity contribution in [2.24, 2.45) is 7.05 Å². The molecular formula is C32H38N6O5. The van der Waals surface area contributed by atoms with Gasteiger partial charge in [-0.15, -0.1) is 0 Å². The summed E-state index contributed by atoms with van der Waals surface area (Å²) < 4.78 is 8.30. The van der Waals surface area contributed by atoms with Crippen LogP contribution in [0.25, 0.3) is 11.0 Å². The average molecular weight is 587 g/mol. The number of ether oxygens (including phenoxy) is 1. The summed E-state index contributed by atoms with van der Waals surface area (Å²) in [6.07, 6.45) is 0.0478. The second kappa shape index (κ2) is 12.5. The van der Waals surface area contributed by atoms with E-state index in [0.29, 0.717) is 29.7 Å². The molecule has 2 aromatic carbocycles. The summed E-state index contributed by atoms with van der Waals surface area (Å²) in [5.74, 6) is 5.74. The van der Waals surface area contributed by atoms with E-state index in [4.69, 9.17) is 4.74 Å². The van der Waals surface area contributed by atoms with E-state index < -0.39 is 23.6 Å². The van der Waals surface area contributed by atoms with E-state index in [9.17, 15) is 19.2 Å². The maximum Gasteiger partial charge on any atom is 0.412 e. The smallest absolute Gasteiger partial charge is 0.412 e. The van der Waals surface area contributed by atoms with E-state index in [1.165, 1.54) is 14.7 Å². The Morgan fingerprint density at radius 1 is 1.00 bits per heavy atom. The fraction of sp³-hybridized carbons (Fsp3) is 0.438. The molecule has 1 unspecified atom stereocenters. The lowest BCUT2D eigenvalue weighted by Crippen LogP contribution is -2.45. The van der Waals surface area contributed by atoms with Crippen LogP contribution in [0.5, 0.6) is 0 Å². The predicted molar refractivity (Wildman–Crippen MR) is 163 cm³/mol. The number of carbonyl (C=O) groups is 3. The van der Waals surface area contributed by atoms with Crippen LogP contribution in [-0.2, 0) is 27.9 Å². The van der Waals surface area contributed by atoms with Crippen molar-refractivity contribution >= 4 is 34.6 Å². The van der Waals surface area contributed by atoms with Gasteiger partial charge in [0.1, 0.15) is 11.6 Å². The fourth-order valence-electron chi connectivity index (χ4n) is 5.40. The number of aromatic nitrogens is 2. The van der Waals surface area contributed by atoms with Gasteiger partial charge in [-0.25, -0.2) is 9.59 Å². The number of hydrogen-bond donors (Lipinski definition) is 2. The Bertz CT molecular complexity index is 1650. The monoisotopic (exact) mass is 586 g/mol. The molecule has 2 aliphatic rings. The summed E-state index contributed by atoms with van der Waals surface area (Å²) in [6.45, 7) is 10.7. The highest BCUT2D eigenvalue weighted by molar-refractivity contribution is 6.00. The molecule has 2 saturated heterocycles. The number of anilines is 1. The number of benzene rings is 2. The third-order valence-electron chi connectivity index (χ3n) is 7.62. The zero-order chi connectivity index (χ0) is 30.7. The maximum absolute atomic E-state index is 13.0. The maximum atomic E-state index is 13.0. The van der Waals surface area contributed by atoms with Crippen LogP contribution < -0.4 is 16.3 Å². The Morgan fingerprint density at radius 2 is 1.70 bits per heavy atom. The highest BCUT2D eigenvalue weighted by Gasteiger charge is 2.31. The van der Waals surface area contributed by atoms with Gasteiger partial charge in [-0.2, -0.15) is 0 Å². The van der Waals surface area contributed by atoms with Crippen LogP contribution in [0.4, 0.5) is 10.5 Å². The van der Waals surface area contributed by atoms with Crippen LogP contribution in [0, 0.1) is 11.8 Å². The number of nitrogens with zero attached hydrogens (tertiary/aromatic N) is 4. The molecule has 0 saturated carbocycles. The van der Waals surface area contributed by atoms with Crippen molar-refractivity contribution in [1.82, 2.24) is 24.3 Å². The molecule has 2 N–H and O–H groups in total. The second-order valence-corrected chi connectivity index (χ2v) is 12.1. The lowest BCUT2D eigenvalue weighted by Gasteiger charge is -2.33. The highest BCUT2D eigenvalue weighted by atomic mass is 16.6. The van der Waals surface area contributed by atoms with Crippen molar-refractivity contribution < 1.29 is 19.1 Å². The van der Waals surface area contributed by atoms with Crippen molar-refractivity contribution in [3.05, 3.63) is 64.1 Å². The molecule has 3 aromatic rings. The van der Waals surface area contributed by atoms with Crippen LogP contribution >= 0.6 is 0 Å². The molecule has 3 heterocycles. The van der Waals surface area contributed by atoms with Gasteiger partial charge in [0.05, 0.1) is 17.6 Å².